The zero-order valence-corrected chi connectivity index (χ0v) is 42.6. The van der Waals surface area contributed by atoms with Crippen LogP contribution in [0.15, 0.2) is 85.1 Å². The molecule has 0 aromatic carbocycles. The number of aliphatic hydroxyl groups excluding tert-OH is 2. The maximum Gasteiger partial charge on any atom is 0.306 e. The molecule has 0 saturated heterocycles. The third kappa shape index (κ3) is 47.3. The Labute approximate surface area is 402 Å². The monoisotopic (exact) mass is 906 g/mol. The van der Waals surface area contributed by atoms with Gasteiger partial charge in [0.1, 0.15) is 6.10 Å². The minimum absolute atomic E-state index is 0.0219. The van der Waals surface area contributed by atoms with Gasteiger partial charge in [-0.05, 0) is 64.2 Å². The third-order valence-corrected chi connectivity index (χ3v) is 12.1. The molecule has 0 rings (SSSR count). The summed E-state index contributed by atoms with van der Waals surface area (Å²) in [5.41, 5.74) is 0. The number of amides is 1. The summed E-state index contributed by atoms with van der Waals surface area (Å²) in [6.45, 7) is 6.32. The molecule has 0 saturated carbocycles. The summed E-state index contributed by atoms with van der Waals surface area (Å²) in [4.78, 5) is 26.2. The summed E-state index contributed by atoms with van der Waals surface area (Å²) in [7, 11) is 0. The van der Waals surface area contributed by atoms with E-state index in [0.717, 1.165) is 57.8 Å². The third-order valence-electron chi connectivity index (χ3n) is 12.1. The van der Waals surface area contributed by atoms with E-state index in [2.05, 4.69) is 50.4 Å². The first kappa shape index (κ1) is 62.0. The van der Waals surface area contributed by atoms with Crippen molar-refractivity contribution >= 4 is 11.9 Å². The molecule has 0 aliphatic heterocycles. The SMILES string of the molecule is CC\C=C/C=C/C=C/C=C\C=C\C=C\CCCC(CC(=O)NC(CO)C(O)CCCCCCCCCCCCCCCC)OC(=O)CCCCCCCCC/C=C/CCCCCCCC. The van der Waals surface area contributed by atoms with Crippen LogP contribution in [0.1, 0.15) is 252 Å². The molecule has 0 spiro atoms. The molecule has 3 atom stereocenters. The molecule has 6 heteroatoms. The maximum atomic E-state index is 13.2. The lowest BCUT2D eigenvalue weighted by Gasteiger charge is -2.24. The van der Waals surface area contributed by atoms with Crippen molar-refractivity contribution in [2.75, 3.05) is 6.61 Å². The van der Waals surface area contributed by atoms with Crippen LogP contribution < -0.4 is 5.32 Å². The Kier molecular flexibility index (Phi) is 49.6. The normalized spacial score (nSPS) is 13.9. The number of carbonyl (C=O) groups is 2. The number of hydrogen-bond acceptors (Lipinski definition) is 5. The highest BCUT2D eigenvalue weighted by Gasteiger charge is 2.24. The summed E-state index contributed by atoms with van der Waals surface area (Å²) in [6, 6.07) is -0.731. The van der Waals surface area contributed by atoms with Crippen molar-refractivity contribution in [2.24, 2.45) is 0 Å². The number of unbranched alkanes of at least 4 members (excludes halogenated alkanes) is 27. The van der Waals surface area contributed by atoms with Crippen LogP contribution in [-0.2, 0) is 14.3 Å². The Balaban J connectivity index is 4.69. The number of ether oxygens (including phenoxy) is 1. The Morgan fingerprint density at radius 3 is 1.32 bits per heavy atom. The quantitative estimate of drug-likeness (QED) is 0.0245. The number of hydrogen-bond donors (Lipinski definition) is 3. The zero-order valence-electron chi connectivity index (χ0n) is 42.6. The van der Waals surface area contributed by atoms with Gasteiger partial charge in [-0.3, -0.25) is 9.59 Å². The number of aliphatic hydroxyl groups is 2. The van der Waals surface area contributed by atoms with Crippen molar-refractivity contribution in [1.29, 1.82) is 0 Å². The van der Waals surface area contributed by atoms with Gasteiger partial charge < -0.3 is 20.3 Å². The standard InChI is InChI=1S/C59H103NO5/c1-4-7-10-13-16-19-22-25-28-29-31-34-37-40-43-46-49-52-59(64)65-55(50-47-44-41-38-35-32-30-26-23-20-17-14-11-8-5-2)53-58(63)60-56(54-61)57(62)51-48-45-42-39-36-33-27-24-21-18-15-12-9-6-3/h8,11,14,17,20,23,25-26,28,30,32,35,38,41,55-57,61-62H,4-7,9-10,12-13,15-16,18-19,21-22,24,27,29,31,33-34,36-37,39-40,42-54H2,1-3H3,(H,60,63)/b11-8-,17-14+,23-20+,28-25+,30-26-,35-32+,41-38+. The van der Waals surface area contributed by atoms with E-state index in [1.165, 1.54) is 148 Å². The molecule has 0 aliphatic rings. The molecule has 3 unspecified atom stereocenters. The molecule has 0 radical (unpaired) electrons. The van der Waals surface area contributed by atoms with Crippen molar-refractivity contribution in [1.82, 2.24) is 5.32 Å². The van der Waals surface area contributed by atoms with E-state index < -0.39 is 18.2 Å². The average Bonchev–Trinajstić information content (AvgIpc) is 3.30. The van der Waals surface area contributed by atoms with Gasteiger partial charge in [0.2, 0.25) is 5.91 Å². The largest absolute Gasteiger partial charge is 0.462 e. The smallest absolute Gasteiger partial charge is 0.306 e. The molecule has 65 heavy (non-hydrogen) atoms. The van der Waals surface area contributed by atoms with Crippen LogP contribution >= 0.6 is 0 Å². The van der Waals surface area contributed by atoms with E-state index in [4.69, 9.17) is 4.74 Å². The maximum absolute atomic E-state index is 13.2. The first-order valence-electron chi connectivity index (χ1n) is 27.4. The van der Waals surface area contributed by atoms with E-state index in [-0.39, 0.29) is 24.9 Å². The van der Waals surface area contributed by atoms with Crippen molar-refractivity contribution in [3.8, 4) is 0 Å². The first-order valence-corrected chi connectivity index (χ1v) is 27.4. The van der Waals surface area contributed by atoms with Gasteiger partial charge in [-0.2, -0.15) is 0 Å². The number of nitrogens with one attached hydrogen (secondary N) is 1. The minimum Gasteiger partial charge on any atom is -0.462 e. The lowest BCUT2D eigenvalue weighted by atomic mass is 10.0. The summed E-state index contributed by atoms with van der Waals surface area (Å²) >= 11 is 0. The Morgan fingerprint density at radius 2 is 0.862 bits per heavy atom. The summed E-state index contributed by atoms with van der Waals surface area (Å²) in [6.07, 6.45) is 67.9. The van der Waals surface area contributed by atoms with Crippen LogP contribution in [0.3, 0.4) is 0 Å². The van der Waals surface area contributed by atoms with Gasteiger partial charge in [-0.25, -0.2) is 0 Å². The van der Waals surface area contributed by atoms with Gasteiger partial charge in [-0.1, -0.05) is 260 Å². The van der Waals surface area contributed by atoms with Crippen LogP contribution in [0, 0.1) is 0 Å². The highest BCUT2D eigenvalue weighted by Crippen LogP contribution is 2.17. The van der Waals surface area contributed by atoms with Gasteiger partial charge in [-0.15, -0.1) is 0 Å². The minimum atomic E-state index is -0.812. The molecule has 0 fully saturated rings. The Bertz CT molecular complexity index is 1250. The number of esters is 1. The van der Waals surface area contributed by atoms with Gasteiger partial charge in [0, 0.05) is 6.42 Å². The van der Waals surface area contributed by atoms with Gasteiger partial charge >= 0.3 is 5.97 Å². The first-order chi connectivity index (χ1) is 32.0. The molecule has 374 valence electrons. The van der Waals surface area contributed by atoms with Crippen LogP contribution in [0.5, 0.6) is 0 Å². The van der Waals surface area contributed by atoms with E-state index in [1.807, 2.05) is 60.8 Å². The molecular weight excluding hydrogens is 803 g/mol. The highest BCUT2D eigenvalue weighted by molar-refractivity contribution is 5.77. The van der Waals surface area contributed by atoms with Gasteiger partial charge in [0.05, 0.1) is 25.2 Å². The zero-order chi connectivity index (χ0) is 47.4. The average molecular weight is 906 g/mol. The molecule has 0 heterocycles. The molecule has 1 amide bonds. The molecule has 0 aliphatic carbocycles. The van der Waals surface area contributed by atoms with Crippen molar-refractivity contribution in [3.63, 3.8) is 0 Å². The fourth-order valence-electron chi connectivity index (χ4n) is 7.99. The van der Waals surface area contributed by atoms with Gasteiger partial charge in [0.25, 0.3) is 0 Å². The summed E-state index contributed by atoms with van der Waals surface area (Å²) < 4.78 is 5.91. The van der Waals surface area contributed by atoms with Crippen LogP contribution in [0.2, 0.25) is 0 Å². The topological polar surface area (TPSA) is 95.9 Å². The number of carbonyl (C=O) groups excluding carboxylic acids is 2. The fraction of sp³-hybridized carbons (Fsp3) is 0.729. The number of rotatable bonds is 48. The molecule has 0 bridgehead atoms. The predicted octanol–water partition coefficient (Wildman–Crippen LogP) is 16.7. The highest BCUT2D eigenvalue weighted by atomic mass is 16.5. The predicted molar refractivity (Wildman–Crippen MR) is 282 cm³/mol. The molecule has 6 nitrogen and oxygen atoms in total. The van der Waals surface area contributed by atoms with E-state index in [0.29, 0.717) is 19.3 Å². The van der Waals surface area contributed by atoms with Crippen LogP contribution in [-0.4, -0.2) is 46.9 Å². The van der Waals surface area contributed by atoms with E-state index in [9.17, 15) is 19.8 Å². The van der Waals surface area contributed by atoms with Crippen LogP contribution in [0.25, 0.3) is 0 Å². The Morgan fingerprint density at radius 1 is 0.462 bits per heavy atom. The van der Waals surface area contributed by atoms with Crippen molar-refractivity contribution in [2.45, 2.75) is 270 Å². The molecular formula is C59H103NO5. The van der Waals surface area contributed by atoms with E-state index >= 15 is 0 Å². The lowest BCUT2D eigenvalue weighted by Crippen LogP contribution is -2.46. The second-order valence-electron chi connectivity index (χ2n) is 18.4. The molecule has 3 N–H and O–H groups in total. The molecule has 0 aromatic rings. The lowest BCUT2D eigenvalue weighted by molar-refractivity contribution is -0.151. The van der Waals surface area contributed by atoms with Crippen molar-refractivity contribution in [3.05, 3.63) is 85.1 Å². The Hall–Kier alpha value is -2.96. The molecule has 0 aromatic heterocycles. The summed E-state index contributed by atoms with van der Waals surface area (Å²) in [5, 5.41) is 23.8. The van der Waals surface area contributed by atoms with Crippen molar-refractivity contribution < 1.29 is 24.5 Å². The van der Waals surface area contributed by atoms with E-state index in [1.54, 1.807) is 0 Å². The number of allylic oxidation sites excluding steroid dienone is 14. The summed E-state index contributed by atoms with van der Waals surface area (Å²) in [5.74, 6) is -0.554. The second-order valence-corrected chi connectivity index (χ2v) is 18.4. The fourth-order valence-corrected chi connectivity index (χ4v) is 7.99. The van der Waals surface area contributed by atoms with Gasteiger partial charge in [0.15, 0.2) is 0 Å². The van der Waals surface area contributed by atoms with Crippen LogP contribution in [0.4, 0.5) is 0 Å². The second kappa shape index (κ2) is 52.0.